The van der Waals surface area contributed by atoms with Crippen molar-refractivity contribution in [3.8, 4) is 11.1 Å². The van der Waals surface area contributed by atoms with Crippen LogP contribution in [-0.2, 0) is 41.5 Å². The summed E-state index contributed by atoms with van der Waals surface area (Å²) in [5, 5.41) is 1.48. The first-order valence-corrected chi connectivity index (χ1v) is 21.4. The van der Waals surface area contributed by atoms with Crippen molar-refractivity contribution in [3.05, 3.63) is 171 Å². The zero-order chi connectivity index (χ0) is 39.8. The average molecular weight is 904 g/mol. The van der Waals surface area contributed by atoms with E-state index in [1.165, 1.54) is 91.9 Å². The third-order valence-electron chi connectivity index (χ3n) is 10.6. The molecule has 0 N–H and O–H groups in total. The molecule has 0 fully saturated rings. The third-order valence-corrected chi connectivity index (χ3v) is 11.0. The second-order valence-electron chi connectivity index (χ2n) is 16.6. The Morgan fingerprint density at radius 1 is 0.804 bits per heavy atom. The van der Waals surface area contributed by atoms with E-state index in [1.54, 1.807) is 12.1 Å². The van der Waals surface area contributed by atoms with Crippen LogP contribution in [0.4, 0.5) is 0 Å². The predicted molar refractivity (Wildman–Crippen MR) is 248 cm³/mol. The van der Waals surface area contributed by atoms with E-state index >= 15 is 0 Å². The molecule has 56 heavy (non-hydrogen) atoms. The fraction of sp³-hybridized carbons (Fsp3) is 0.333. The van der Waals surface area contributed by atoms with Crippen molar-refractivity contribution >= 4 is 63.4 Å². The Hall–Kier alpha value is -2.38. The first-order chi connectivity index (χ1) is 25.5. The normalized spacial score (nSPS) is 16.8. The van der Waals surface area contributed by atoms with Gasteiger partial charge >= 0.3 is 28.4 Å². The standard InChI is InChI=1S/C27H29.C11H17.2C6H4Cl.CH2.2ClH.Zr/c1-16-7-9-26(3,4)24-12-18-11-19-13-25-21(17(2)8-10-27(25,5)6)15-23(19)22(18)14-20(16)24;1-5-9-6-7-10(8-9)11(2,3)4;2*7-6-4-2-1-3-5-6;;;;/h7-9,12-15H,10-11H2,1-6H3;7-9H,5H2,1-4H3;2*1-2,4-5H;1H2;2*1H;/q4*-1;;;;. The molecule has 4 aromatic rings. The van der Waals surface area contributed by atoms with E-state index in [4.69, 9.17) is 23.2 Å². The number of hydrogen-bond donors (Lipinski definition) is 0. The minimum atomic E-state index is 0. The number of fused-ring (bicyclic) bond motifs is 5. The van der Waals surface area contributed by atoms with Crippen LogP contribution < -0.4 is 0 Å². The van der Waals surface area contributed by atoms with Crippen molar-refractivity contribution in [1.29, 1.82) is 0 Å². The van der Waals surface area contributed by atoms with E-state index in [0.29, 0.717) is 11.3 Å². The summed E-state index contributed by atoms with van der Waals surface area (Å²) in [6.45, 7) is 22.9. The molecule has 0 aliphatic heterocycles. The van der Waals surface area contributed by atoms with Gasteiger partial charge in [0.2, 0.25) is 0 Å². The quantitative estimate of drug-likeness (QED) is 0.147. The summed E-state index contributed by atoms with van der Waals surface area (Å²) in [5.41, 5.74) is 16.7. The average Bonchev–Trinajstić information content (AvgIpc) is 3.78. The molecule has 4 aliphatic carbocycles. The van der Waals surface area contributed by atoms with Crippen LogP contribution >= 0.6 is 48.0 Å². The molecule has 1 unspecified atom stereocenters. The Bertz CT molecular complexity index is 1900. The summed E-state index contributed by atoms with van der Waals surface area (Å²) in [5.74, 6) is 0.573. The molecular weight excluding hydrogens is 846 g/mol. The van der Waals surface area contributed by atoms with Gasteiger partial charge in [0, 0.05) is 0 Å². The maximum absolute atomic E-state index is 5.51. The van der Waals surface area contributed by atoms with Gasteiger partial charge in [0.05, 0.1) is 0 Å². The molecule has 0 saturated heterocycles. The zero-order valence-electron chi connectivity index (χ0n) is 34.8. The van der Waals surface area contributed by atoms with Gasteiger partial charge in [-0.15, -0.1) is 37.3 Å². The Morgan fingerprint density at radius 3 is 1.73 bits per heavy atom. The number of halogens is 4. The Kier molecular flexibility index (Phi) is 19.2. The maximum atomic E-state index is 5.51. The summed E-state index contributed by atoms with van der Waals surface area (Å²) < 4.78 is 3.34. The Morgan fingerprint density at radius 2 is 1.32 bits per heavy atom. The monoisotopic (exact) mass is 900 g/mol. The first-order valence-electron chi connectivity index (χ1n) is 19.0. The van der Waals surface area contributed by atoms with E-state index in [2.05, 4.69) is 147 Å². The van der Waals surface area contributed by atoms with E-state index in [1.807, 2.05) is 36.4 Å². The first kappa shape index (κ1) is 49.8. The minimum absolute atomic E-state index is 0. The van der Waals surface area contributed by atoms with Crippen molar-refractivity contribution < 1.29 is 24.2 Å². The fourth-order valence-corrected chi connectivity index (χ4v) is 7.40. The number of rotatable bonds is 1. The second kappa shape index (κ2) is 21.6. The van der Waals surface area contributed by atoms with Crippen LogP contribution in [0.3, 0.4) is 0 Å². The van der Waals surface area contributed by atoms with E-state index in [9.17, 15) is 0 Å². The Labute approximate surface area is 377 Å². The SMILES string of the molecule is CC1=C[CH-]C(C)(C)c2cc3c(cc21)-c1cc2c(cc1C3)C(C)(C)CC=C2C.CCC1[C-]=CC(C(C)(C)C)=C1.Cl.Cl.Clc1c[c-]ccc1.Clc1c[c-]ccc1.[CH2]=[Zr]. The molecule has 8 rings (SSSR count). The summed E-state index contributed by atoms with van der Waals surface area (Å²) in [4.78, 5) is 0. The van der Waals surface area contributed by atoms with Crippen LogP contribution in [0.5, 0.6) is 0 Å². The van der Waals surface area contributed by atoms with Gasteiger partial charge in [0.1, 0.15) is 0 Å². The van der Waals surface area contributed by atoms with Crippen LogP contribution in [0.1, 0.15) is 115 Å². The van der Waals surface area contributed by atoms with Crippen molar-refractivity contribution in [2.75, 3.05) is 0 Å². The molecular formula is C51H58Cl4Zr-4. The molecule has 0 saturated carbocycles. The summed E-state index contributed by atoms with van der Waals surface area (Å²) in [6, 6.07) is 30.0. The van der Waals surface area contributed by atoms with Gasteiger partial charge in [-0.25, -0.2) is 18.6 Å². The van der Waals surface area contributed by atoms with Gasteiger partial charge < -0.3 is 0 Å². The molecule has 0 bridgehead atoms. The van der Waals surface area contributed by atoms with Gasteiger partial charge in [-0.1, -0.05) is 118 Å². The third kappa shape index (κ3) is 12.6. The van der Waals surface area contributed by atoms with Gasteiger partial charge in [-0.05, 0) is 70.2 Å². The van der Waals surface area contributed by atoms with Crippen molar-refractivity contribution in [3.63, 3.8) is 0 Å². The van der Waals surface area contributed by atoms with E-state index in [-0.39, 0.29) is 35.6 Å². The van der Waals surface area contributed by atoms with Gasteiger partial charge in [0.25, 0.3) is 0 Å². The zero-order valence-corrected chi connectivity index (χ0v) is 40.4. The molecule has 0 nitrogen and oxygen atoms in total. The topological polar surface area (TPSA) is 0 Å². The molecule has 298 valence electrons. The fourth-order valence-electron chi connectivity index (χ4n) is 7.13. The summed E-state index contributed by atoms with van der Waals surface area (Å²) in [6.07, 6.45) is 18.3. The predicted octanol–water partition coefficient (Wildman–Crippen LogP) is 15.7. The molecule has 4 aromatic carbocycles. The molecule has 0 radical (unpaired) electrons. The number of hydrogen-bond acceptors (Lipinski definition) is 0. The van der Waals surface area contributed by atoms with E-state index < -0.39 is 0 Å². The van der Waals surface area contributed by atoms with Crippen LogP contribution in [-0.4, -0.2) is 4.21 Å². The summed E-state index contributed by atoms with van der Waals surface area (Å²) >= 11 is 12.3. The van der Waals surface area contributed by atoms with Crippen molar-refractivity contribution in [2.24, 2.45) is 11.3 Å². The van der Waals surface area contributed by atoms with Crippen LogP contribution in [0.2, 0.25) is 10.0 Å². The number of allylic oxidation sites excluding steroid dienone is 8. The van der Waals surface area contributed by atoms with Crippen molar-refractivity contribution in [2.45, 2.75) is 99.3 Å². The van der Waals surface area contributed by atoms with Gasteiger partial charge in [-0.2, -0.15) is 101 Å². The Balaban J connectivity index is 0.000000307. The van der Waals surface area contributed by atoms with E-state index in [0.717, 1.165) is 22.9 Å². The molecule has 1 atom stereocenters. The molecule has 4 aliphatic rings. The molecule has 5 heteroatoms. The van der Waals surface area contributed by atoms with Crippen LogP contribution in [0, 0.1) is 36.0 Å². The summed E-state index contributed by atoms with van der Waals surface area (Å²) in [7, 11) is 0. The molecule has 0 spiro atoms. The second-order valence-corrected chi connectivity index (χ2v) is 17.5. The molecule has 0 aromatic heterocycles. The van der Waals surface area contributed by atoms with Crippen LogP contribution in [0.25, 0.3) is 22.3 Å². The van der Waals surface area contributed by atoms with Crippen LogP contribution in [0.15, 0.2) is 103 Å². The number of benzene rings is 4. The molecule has 0 heterocycles. The van der Waals surface area contributed by atoms with Crippen molar-refractivity contribution in [1.82, 2.24) is 0 Å². The van der Waals surface area contributed by atoms with Gasteiger partial charge in [-0.3, -0.25) is 6.08 Å². The van der Waals surface area contributed by atoms with Gasteiger partial charge in [0.15, 0.2) is 0 Å². The molecule has 0 amide bonds.